The van der Waals surface area contributed by atoms with E-state index in [1.54, 1.807) is 0 Å². The maximum absolute atomic E-state index is 5.90. The molecule has 0 aliphatic rings. The van der Waals surface area contributed by atoms with Crippen LogP contribution in [0.5, 0.6) is 0 Å². The summed E-state index contributed by atoms with van der Waals surface area (Å²) < 4.78 is 0. The van der Waals surface area contributed by atoms with Gasteiger partial charge in [-0.15, -0.1) is 0 Å². The normalized spacial score (nSPS) is 10.5. The minimum absolute atomic E-state index is 0.904. The average molecular weight is 171 g/mol. The van der Waals surface area contributed by atoms with Gasteiger partial charge in [-0.05, 0) is 34.9 Å². The number of hydrogen-bond donors (Lipinski definition) is 1. The molecule has 0 saturated carbocycles. The average Bonchev–Trinajstić information content (AvgIpc) is 2.17. The molecule has 0 fully saturated rings. The lowest BCUT2D eigenvalue weighted by Crippen LogP contribution is -1.92. The summed E-state index contributed by atoms with van der Waals surface area (Å²) in [6.07, 6.45) is 0.997. The first-order valence-corrected chi connectivity index (χ1v) is 4.58. The van der Waals surface area contributed by atoms with Crippen molar-refractivity contribution in [2.24, 2.45) is 0 Å². The lowest BCUT2D eigenvalue weighted by atomic mass is 10.0. The van der Waals surface area contributed by atoms with Gasteiger partial charge in [-0.1, -0.05) is 31.2 Å². The molecule has 0 atom stereocenters. The molecule has 1 nitrogen and oxygen atoms in total. The Hall–Kier alpha value is -1.50. The largest absolute Gasteiger partial charge is 0.398 e. The molecule has 2 N–H and O–H groups in total. The lowest BCUT2D eigenvalue weighted by molar-refractivity contribution is 1.15. The topological polar surface area (TPSA) is 26.0 Å². The Balaban J connectivity index is 2.74. The minimum atomic E-state index is 0.904. The molecule has 2 aromatic carbocycles. The number of fused-ring (bicyclic) bond motifs is 1. The number of hydrogen-bond acceptors (Lipinski definition) is 1. The highest BCUT2D eigenvalue weighted by Gasteiger charge is 1.98. The molecule has 0 bridgehead atoms. The molecule has 0 aromatic heterocycles. The van der Waals surface area contributed by atoms with Crippen LogP contribution in [0.3, 0.4) is 0 Å². The van der Waals surface area contributed by atoms with Crippen molar-refractivity contribution in [3.05, 3.63) is 42.0 Å². The van der Waals surface area contributed by atoms with Crippen molar-refractivity contribution < 1.29 is 0 Å². The number of anilines is 1. The summed E-state index contributed by atoms with van der Waals surface area (Å²) in [7, 11) is 0. The second-order valence-electron chi connectivity index (χ2n) is 3.25. The molecule has 2 rings (SSSR count). The van der Waals surface area contributed by atoms with E-state index in [9.17, 15) is 0 Å². The molecule has 0 spiro atoms. The van der Waals surface area contributed by atoms with Gasteiger partial charge in [0.05, 0.1) is 0 Å². The fraction of sp³-hybridized carbons (Fsp3) is 0.167. The molecular formula is C12H13N. The predicted octanol–water partition coefficient (Wildman–Crippen LogP) is 2.98. The van der Waals surface area contributed by atoms with E-state index in [0.29, 0.717) is 0 Å². The van der Waals surface area contributed by atoms with E-state index in [1.807, 2.05) is 12.1 Å². The third-order valence-electron chi connectivity index (χ3n) is 2.39. The zero-order valence-electron chi connectivity index (χ0n) is 7.75. The molecule has 0 heterocycles. The summed E-state index contributed by atoms with van der Waals surface area (Å²) in [4.78, 5) is 0. The van der Waals surface area contributed by atoms with Crippen LogP contribution in [0.1, 0.15) is 12.5 Å². The van der Waals surface area contributed by atoms with Gasteiger partial charge in [-0.2, -0.15) is 0 Å². The summed E-state index contributed by atoms with van der Waals surface area (Å²) in [5.41, 5.74) is 8.04. The van der Waals surface area contributed by atoms with E-state index >= 15 is 0 Å². The van der Waals surface area contributed by atoms with E-state index < -0.39 is 0 Å². The van der Waals surface area contributed by atoms with Crippen molar-refractivity contribution in [3.63, 3.8) is 0 Å². The third-order valence-corrected chi connectivity index (χ3v) is 2.39. The number of nitrogen functional groups attached to an aromatic ring is 1. The fourth-order valence-electron chi connectivity index (χ4n) is 1.61. The molecule has 0 amide bonds. The van der Waals surface area contributed by atoms with E-state index in [2.05, 4.69) is 31.2 Å². The van der Waals surface area contributed by atoms with Crippen LogP contribution in [-0.4, -0.2) is 0 Å². The monoisotopic (exact) mass is 171 g/mol. The lowest BCUT2D eigenvalue weighted by Gasteiger charge is -2.05. The van der Waals surface area contributed by atoms with Crippen LogP contribution >= 0.6 is 0 Å². The van der Waals surface area contributed by atoms with Gasteiger partial charge >= 0.3 is 0 Å². The summed E-state index contributed by atoms with van der Waals surface area (Å²) in [6, 6.07) is 12.5. The Morgan fingerprint density at radius 3 is 2.31 bits per heavy atom. The van der Waals surface area contributed by atoms with Crippen LogP contribution in [0.25, 0.3) is 10.8 Å². The zero-order valence-corrected chi connectivity index (χ0v) is 7.75. The van der Waals surface area contributed by atoms with Crippen molar-refractivity contribution in [1.29, 1.82) is 0 Å². The quantitative estimate of drug-likeness (QED) is 0.656. The first-order valence-electron chi connectivity index (χ1n) is 4.58. The molecule has 2 aromatic rings. The molecule has 0 aliphatic heterocycles. The Morgan fingerprint density at radius 1 is 1.08 bits per heavy atom. The summed E-state index contributed by atoms with van der Waals surface area (Å²) in [5, 5.41) is 2.49. The Bertz CT molecular complexity index is 432. The Morgan fingerprint density at radius 2 is 1.69 bits per heavy atom. The maximum Gasteiger partial charge on any atom is 0.0352 e. The number of benzene rings is 2. The van der Waals surface area contributed by atoms with Gasteiger partial charge in [0, 0.05) is 5.69 Å². The van der Waals surface area contributed by atoms with Crippen LogP contribution in [0.15, 0.2) is 36.4 Å². The van der Waals surface area contributed by atoms with Crippen molar-refractivity contribution >= 4 is 16.5 Å². The minimum Gasteiger partial charge on any atom is -0.398 e. The van der Waals surface area contributed by atoms with Gasteiger partial charge < -0.3 is 5.73 Å². The van der Waals surface area contributed by atoms with Gasteiger partial charge in [-0.25, -0.2) is 0 Å². The molecule has 0 unspecified atom stereocenters. The smallest absolute Gasteiger partial charge is 0.0352 e. The first-order chi connectivity index (χ1) is 6.31. The maximum atomic E-state index is 5.90. The Labute approximate surface area is 78.2 Å². The van der Waals surface area contributed by atoms with Gasteiger partial charge in [0.25, 0.3) is 0 Å². The summed E-state index contributed by atoms with van der Waals surface area (Å²) in [5.74, 6) is 0. The second-order valence-corrected chi connectivity index (χ2v) is 3.25. The molecular weight excluding hydrogens is 158 g/mol. The first kappa shape index (κ1) is 8.11. The van der Waals surface area contributed by atoms with Gasteiger partial charge in [0.1, 0.15) is 0 Å². The molecule has 0 aliphatic carbocycles. The van der Waals surface area contributed by atoms with Crippen molar-refractivity contribution in [1.82, 2.24) is 0 Å². The molecule has 13 heavy (non-hydrogen) atoms. The van der Waals surface area contributed by atoms with Crippen molar-refractivity contribution in [3.8, 4) is 0 Å². The van der Waals surface area contributed by atoms with E-state index in [-0.39, 0.29) is 0 Å². The molecule has 66 valence electrons. The van der Waals surface area contributed by atoms with E-state index in [1.165, 1.54) is 16.3 Å². The SMILES string of the molecule is CCc1cc2ccccc2cc1N. The third kappa shape index (κ3) is 1.37. The highest BCUT2D eigenvalue weighted by atomic mass is 14.6. The van der Waals surface area contributed by atoms with Crippen molar-refractivity contribution in [2.75, 3.05) is 5.73 Å². The van der Waals surface area contributed by atoms with Crippen LogP contribution in [-0.2, 0) is 6.42 Å². The van der Waals surface area contributed by atoms with Crippen LogP contribution < -0.4 is 5.73 Å². The highest BCUT2D eigenvalue weighted by Crippen LogP contribution is 2.21. The Kier molecular flexibility index (Phi) is 1.93. The highest BCUT2D eigenvalue weighted by molar-refractivity contribution is 5.86. The molecule has 1 heteroatoms. The summed E-state index contributed by atoms with van der Waals surface area (Å²) >= 11 is 0. The van der Waals surface area contributed by atoms with Gasteiger partial charge in [0.2, 0.25) is 0 Å². The zero-order chi connectivity index (χ0) is 9.26. The number of rotatable bonds is 1. The van der Waals surface area contributed by atoms with E-state index in [0.717, 1.165) is 12.1 Å². The predicted molar refractivity (Wildman–Crippen MR) is 57.7 cm³/mol. The van der Waals surface area contributed by atoms with Crippen LogP contribution in [0.2, 0.25) is 0 Å². The number of aryl methyl sites for hydroxylation is 1. The van der Waals surface area contributed by atoms with Gasteiger partial charge in [0.15, 0.2) is 0 Å². The molecule has 0 radical (unpaired) electrons. The van der Waals surface area contributed by atoms with Crippen LogP contribution in [0.4, 0.5) is 5.69 Å². The van der Waals surface area contributed by atoms with E-state index in [4.69, 9.17) is 5.73 Å². The summed E-state index contributed by atoms with van der Waals surface area (Å²) in [6.45, 7) is 2.13. The molecule has 0 saturated heterocycles. The number of nitrogens with two attached hydrogens (primary N) is 1. The van der Waals surface area contributed by atoms with Crippen LogP contribution in [0, 0.1) is 0 Å². The van der Waals surface area contributed by atoms with Gasteiger partial charge in [-0.3, -0.25) is 0 Å². The van der Waals surface area contributed by atoms with Crippen molar-refractivity contribution in [2.45, 2.75) is 13.3 Å². The standard InChI is InChI=1S/C12H13N/c1-2-9-7-10-5-3-4-6-11(10)8-12(9)13/h3-8H,2,13H2,1H3. The fourth-order valence-corrected chi connectivity index (χ4v) is 1.61. The second kappa shape index (κ2) is 3.09.